The summed E-state index contributed by atoms with van der Waals surface area (Å²) < 4.78 is 8.20. The first-order valence-corrected chi connectivity index (χ1v) is 6.91. The molecule has 1 amide bonds. The van der Waals surface area contributed by atoms with Crippen LogP contribution in [0.25, 0.3) is 0 Å². The summed E-state index contributed by atoms with van der Waals surface area (Å²) in [5.74, 6) is -1.01. The van der Waals surface area contributed by atoms with E-state index in [1.807, 2.05) is 6.92 Å². The number of hydrogen-bond acceptors (Lipinski definition) is 5. The highest BCUT2D eigenvalue weighted by atomic mass is 79.9. The topological polar surface area (TPSA) is 91.0 Å². The third-order valence-corrected chi connectivity index (χ3v) is 3.40. The van der Waals surface area contributed by atoms with Crippen LogP contribution in [-0.2, 0) is 18.3 Å². The number of ether oxygens (including phenoxy) is 1. The number of nitrogens with zero attached hydrogens (tertiary/aromatic N) is 4. The lowest BCUT2D eigenvalue weighted by atomic mass is 10.3. The minimum absolute atomic E-state index is 0.0611. The number of rotatable bonds is 4. The van der Waals surface area contributed by atoms with Gasteiger partial charge in [0.25, 0.3) is 5.91 Å². The molecule has 0 atom stereocenters. The monoisotopic (exact) mass is 355 g/mol. The van der Waals surface area contributed by atoms with Gasteiger partial charge in [-0.15, -0.1) is 0 Å². The largest absolute Gasteiger partial charge is 0.464 e. The number of halogens is 1. The minimum Gasteiger partial charge on any atom is -0.464 e. The van der Waals surface area contributed by atoms with Crippen molar-refractivity contribution in [2.45, 2.75) is 13.5 Å². The summed E-state index contributed by atoms with van der Waals surface area (Å²) in [7, 11) is 2.91. The molecule has 8 nitrogen and oxygen atoms in total. The second-order valence-electron chi connectivity index (χ2n) is 4.16. The highest BCUT2D eigenvalue weighted by molar-refractivity contribution is 9.10. The van der Waals surface area contributed by atoms with E-state index in [9.17, 15) is 9.59 Å². The van der Waals surface area contributed by atoms with Gasteiger partial charge in [-0.05, 0) is 22.9 Å². The number of anilines is 1. The van der Waals surface area contributed by atoms with Crippen molar-refractivity contribution in [2.24, 2.45) is 7.05 Å². The van der Waals surface area contributed by atoms with Crippen LogP contribution in [0.15, 0.2) is 16.9 Å². The molecule has 2 aromatic rings. The van der Waals surface area contributed by atoms with E-state index in [0.29, 0.717) is 22.4 Å². The summed E-state index contributed by atoms with van der Waals surface area (Å²) in [6.45, 7) is 2.44. The van der Waals surface area contributed by atoms with Gasteiger partial charge >= 0.3 is 5.97 Å². The van der Waals surface area contributed by atoms with Gasteiger partial charge in [-0.2, -0.15) is 10.2 Å². The number of aromatic nitrogens is 4. The predicted octanol–water partition coefficient (Wildman–Crippen LogP) is 1.44. The van der Waals surface area contributed by atoms with Gasteiger partial charge in [0.1, 0.15) is 5.69 Å². The number of esters is 1. The Morgan fingerprint density at radius 1 is 1.48 bits per heavy atom. The molecule has 0 aliphatic carbocycles. The van der Waals surface area contributed by atoms with Gasteiger partial charge in [0.15, 0.2) is 5.69 Å². The Hall–Kier alpha value is -2.16. The number of methoxy groups -OCH3 is 1. The molecule has 0 bridgehead atoms. The molecule has 2 heterocycles. The number of carbonyl (C=O) groups excluding carboxylic acids is 2. The van der Waals surface area contributed by atoms with E-state index in [2.05, 4.69) is 36.2 Å². The summed E-state index contributed by atoms with van der Waals surface area (Å²) in [6.07, 6.45) is 3.10. The molecule has 9 heteroatoms. The van der Waals surface area contributed by atoms with Crippen molar-refractivity contribution in [1.82, 2.24) is 19.6 Å². The number of carbonyl (C=O) groups is 2. The summed E-state index contributed by atoms with van der Waals surface area (Å²) in [4.78, 5) is 24.0. The van der Waals surface area contributed by atoms with Crippen molar-refractivity contribution < 1.29 is 14.3 Å². The molecule has 1 N–H and O–H groups in total. The maximum absolute atomic E-state index is 12.3. The smallest absolute Gasteiger partial charge is 0.360 e. The third kappa shape index (κ3) is 2.97. The molecule has 112 valence electrons. The van der Waals surface area contributed by atoms with E-state index < -0.39 is 11.9 Å². The van der Waals surface area contributed by atoms with Crippen LogP contribution >= 0.6 is 15.9 Å². The quantitative estimate of drug-likeness (QED) is 0.837. The van der Waals surface area contributed by atoms with Gasteiger partial charge in [-0.3, -0.25) is 14.2 Å². The lowest BCUT2D eigenvalue weighted by Gasteiger charge is -2.05. The van der Waals surface area contributed by atoms with Crippen LogP contribution in [0.4, 0.5) is 5.69 Å². The summed E-state index contributed by atoms with van der Waals surface area (Å²) in [6, 6.07) is 0. The van der Waals surface area contributed by atoms with Gasteiger partial charge in [0.2, 0.25) is 0 Å². The van der Waals surface area contributed by atoms with Crippen LogP contribution in [-0.4, -0.2) is 38.5 Å². The Bertz CT molecular complexity index is 672. The van der Waals surface area contributed by atoms with Gasteiger partial charge < -0.3 is 10.1 Å². The molecule has 0 fully saturated rings. The summed E-state index contributed by atoms with van der Waals surface area (Å²) >= 11 is 3.25. The molecule has 0 spiro atoms. The van der Waals surface area contributed by atoms with Crippen molar-refractivity contribution in [1.29, 1.82) is 0 Å². The second-order valence-corrected chi connectivity index (χ2v) is 5.01. The fourth-order valence-electron chi connectivity index (χ4n) is 1.77. The number of nitrogens with one attached hydrogen (secondary N) is 1. The highest BCUT2D eigenvalue weighted by Crippen LogP contribution is 2.19. The van der Waals surface area contributed by atoms with E-state index in [0.717, 1.165) is 0 Å². The molecule has 0 aliphatic rings. The first kappa shape index (κ1) is 15.2. The standard InChI is InChI=1S/C12H14BrN5O3/c1-4-18-6-8(9(16-18)12(20)21-3)15-11(19)10-7(13)5-14-17(10)2/h5-6H,4H2,1-3H3,(H,15,19). The number of aryl methyl sites for hydroxylation is 2. The van der Waals surface area contributed by atoms with E-state index in [1.54, 1.807) is 17.9 Å². The number of amides is 1. The molecule has 0 aliphatic heterocycles. The average Bonchev–Trinajstić information content (AvgIpc) is 3.01. The van der Waals surface area contributed by atoms with Crippen molar-refractivity contribution in [2.75, 3.05) is 12.4 Å². The minimum atomic E-state index is -0.610. The fraction of sp³-hybridized carbons (Fsp3) is 0.333. The Labute approximate surface area is 129 Å². The Morgan fingerprint density at radius 2 is 2.19 bits per heavy atom. The molecular weight excluding hydrogens is 342 g/mol. The van der Waals surface area contributed by atoms with E-state index in [4.69, 9.17) is 0 Å². The van der Waals surface area contributed by atoms with Gasteiger partial charge in [-0.25, -0.2) is 4.79 Å². The maximum Gasteiger partial charge on any atom is 0.360 e. The third-order valence-electron chi connectivity index (χ3n) is 2.82. The fourth-order valence-corrected chi connectivity index (χ4v) is 2.30. The van der Waals surface area contributed by atoms with Crippen molar-refractivity contribution >= 4 is 33.5 Å². The van der Waals surface area contributed by atoms with Gasteiger partial charge in [-0.1, -0.05) is 0 Å². The first-order chi connectivity index (χ1) is 9.97. The van der Waals surface area contributed by atoms with Crippen molar-refractivity contribution in [3.05, 3.63) is 28.3 Å². The van der Waals surface area contributed by atoms with Crippen LogP contribution in [0.3, 0.4) is 0 Å². The predicted molar refractivity (Wildman–Crippen MR) is 78.1 cm³/mol. The van der Waals surface area contributed by atoms with Crippen LogP contribution < -0.4 is 5.32 Å². The zero-order chi connectivity index (χ0) is 15.6. The Morgan fingerprint density at radius 3 is 2.71 bits per heavy atom. The summed E-state index contributed by atoms with van der Waals surface area (Å²) in [5, 5.41) is 10.7. The van der Waals surface area contributed by atoms with Gasteiger partial charge in [0, 0.05) is 19.8 Å². The lowest BCUT2D eigenvalue weighted by Crippen LogP contribution is -2.18. The molecule has 21 heavy (non-hydrogen) atoms. The zero-order valence-corrected chi connectivity index (χ0v) is 13.3. The Balaban J connectivity index is 2.33. The molecule has 0 saturated heterocycles. The van der Waals surface area contributed by atoms with E-state index in [1.165, 1.54) is 18.0 Å². The van der Waals surface area contributed by atoms with Crippen LogP contribution in [0, 0.1) is 0 Å². The van der Waals surface area contributed by atoms with Crippen LogP contribution in [0.2, 0.25) is 0 Å². The van der Waals surface area contributed by atoms with Crippen molar-refractivity contribution in [3.63, 3.8) is 0 Å². The van der Waals surface area contributed by atoms with Crippen LogP contribution in [0.5, 0.6) is 0 Å². The molecule has 0 unspecified atom stereocenters. The molecule has 2 aromatic heterocycles. The van der Waals surface area contributed by atoms with Crippen LogP contribution in [0.1, 0.15) is 27.9 Å². The SMILES string of the molecule is CCn1cc(NC(=O)c2c(Br)cnn2C)c(C(=O)OC)n1. The normalized spacial score (nSPS) is 10.5. The molecule has 0 saturated carbocycles. The lowest BCUT2D eigenvalue weighted by molar-refractivity contribution is 0.0594. The van der Waals surface area contributed by atoms with Crippen molar-refractivity contribution in [3.8, 4) is 0 Å². The second kappa shape index (κ2) is 6.08. The highest BCUT2D eigenvalue weighted by Gasteiger charge is 2.22. The van der Waals surface area contributed by atoms with E-state index in [-0.39, 0.29) is 5.69 Å². The molecule has 0 aromatic carbocycles. The summed E-state index contributed by atoms with van der Waals surface area (Å²) in [5.41, 5.74) is 0.697. The molecule has 0 radical (unpaired) electrons. The van der Waals surface area contributed by atoms with E-state index >= 15 is 0 Å². The average molecular weight is 356 g/mol. The maximum atomic E-state index is 12.3. The first-order valence-electron chi connectivity index (χ1n) is 6.12. The number of hydrogen-bond donors (Lipinski definition) is 1. The zero-order valence-electron chi connectivity index (χ0n) is 11.8. The Kier molecular flexibility index (Phi) is 4.41. The molecule has 2 rings (SSSR count). The molecular formula is C12H14BrN5O3. The van der Waals surface area contributed by atoms with Gasteiger partial charge in [0.05, 0.1) is 23.5 Å².